The average molecular weight is 303 g/mol. The Bertz CT molecular complexity index is 372. The fourth-order valence-electron chi connectivity index (χ4n) is 1.93. The number of ether oxygens (including phenoxy) is 1. The van der Waals surface area contributed by atoms with E-state index in [4.69, 9.17) is 10.5 Å². The molecule has 17 heavy (non-hydrogen) atoms. The van der Waals surface area contributed by atoms with Gasteiger partial charge in [-0.05, 0) is 32.3 Å². The highest BCUT2D eigenvalue weighted by Crippen LogP contribution is 2.32. The Kier molecular flexibility index (Phi) is 5.39. The molecule has 0 aliphatic heterocycles. The quantitative estimate of drug-likeness (QED) is 0.863. The molecule has 96 valence electrons. The summed E-state index contributed by atoms with van der Waals surface area (Å²) in [5, 5.41) is 9.24. The molecule has 0 aliphatic rings. The third-order valence-corrected chi connectivity index (χ3v) is 3.18. The standard InChI is InChI=1S/C12H19BrN2O2/c1-15(2)12(10(14)7-16)9-6-8(13)4-5-11(9)17-3/h4-6,10,12,16H,7,14H2,1-3H3. The van der Waals surface area contributed by atoms with Gasteiger partial charge in [-0.2, -0.15) is 0 Å². The molecule has 0 radical (unpaired) electrons. The summed E-state index contributed by atoms with van der Waals surface area (Å²) in [5.41, 5.74) is 6.93. The second-order valence-electron chi connectivity index (χ2n) is 4.14. The molecule has 0 aliphatic carbocycles. The lowest BCUT2D eigenvalue weighted by atomic mass is 9.98. The van der Waals surface area contributed by atoms with E-state index in [9.17, 15) is 5.11 Å². The first-order valence-electron chi connectivity index (χ1n) is 5.37. The van der Waals surface area contributed by atoms with Gasteiger partial charge in [0.1, 0.15) is 5.75 Å². The third-order valence-electron chi connectivity index (χ3n) is 2.68. The molecule has 0 saturated heterocycles. The van der Waals surface area contributed by atoms with Gasteiger partial charge in [-0.25, -0.2) is 0 Å². The second-order valence-corrected chi connectivity index (χ2v) is 5.06. The van der Waals surface area contributed by atoms with Crippen LogP contribution < -0.4 is 10.5 Å². The normalized spacial score (nSPS) is 14.8. The van der Waals surface area contributed by atoms with Gasteiger partial charge in [0.25, 0.3) is 0 Å². The summed E-state index contributed by atoms with van der Waals surface area (Å²) in [6, 6.07) is 5.33. The fraction of sp³-hybridized carbons (Fsp3) is 0.500. The Hall–Kier alpha value is -0.620. The van der Waals surface area contributed by atoms with Crippen molar-refractivity contribution in [3.05, 3.63) is 28.2 Å². The maximum Gasteiger partial charge on any atom is 0.123 e. The molecule has 1 aromatic carbocycles. The van der Waals surface area contributed by atoms with Gasteiger partial charge in [0.05, 0.1) is 19.8 Å². The number of methoxy groups -OCH3 is 1. The first-order valence-corrected chi connectivity index (χ1v) is 6.16. The molecule has 1 aromatic rings. The Morgan fingerprint density at radius 2 is 2.12 bits per heavy atom. The SMILES string of the molecule is COc1ccc(Br)cc1C(C(N)CO)N(C)C. The van der Waals surface area contributed by atoms with Gasteiger partial charge >= 0.3 is 0 Å². The highest BCUT2D eigenvalue weighted by atomic mass is 79.9. The Morgan fingerprint density at radius 3 is 2.59 bits per heavy atom. The van der Waals surface area contributed by atoms with E-state index in [0.29, 0.717) is 0 Å². The smallest absolute Gasteiger partial charge is 0.123 e. The maximum absolute atomic E-state index is 9.24. The van der Waals surface area contributed by atoms with Crippen LogP contribution in [0, 0.1) is 0 Å². The number of aliphatic hydroxyl groups excluding tert-OH is 1. The van der Waals surface area contributed by atoms with E-state index in [0.717, 1.165) is 15.8 Å². The van der Waals surface area contributed by atoms with Gasteiger partial charge in [0, 0.05) is 16.1 Å². The Balaban J connectivity index is 3.21. The number of halogens is 1. The van der Waals surface area contributed by atoms with Crippen LogP contribution in [-0.2, 0) is 0 Å². The predicted molar refractivity (Wildman–Crippen MR) is 72.2 cm³/mol. The van der Waals surface area contributed by atoms with Gasteiger partial charge in [0.2, 0.25) is 0 Å². The van der Waals surface area contributed by atoms with Crippen LogP contribution in [0.1, 0.15) is 11.6 Å². The van der Waals surface area contributed by atoms with Crippen LogP contribution in [-0.4, -0.2) is 43.9 Å². The summed E-state index contributed by atoms with van der Waals surface area (Å²) in [4.78, 5) is 1.98. The summed E-state index contributed by atoms with van der Waals surface area (Å²) in [7, 11) is 5.49. The van der Waals surface area contributed by atoms with Crippen LogP contribution >= 0.6 is 15.9 Å². The fourth-order valence-corrected chi connectivity index (χ4v) is 2.31. The van der Waals surface area contributed by atoms with Crippen LogP contribution in [0.4, 0.5) is 0 Å². The largest absolute Gasteiger partial charge is 0.496 e. The van der Waals surface area contributed by atoms with E-state index < -0.39 is 0 Å². The first kappa shape index (κ1) is 14.4. The van der Waals surface area contributed by atoms with Crippen molar-refractivity contribution in [1.29, 1.82) is 0 Å². The number of likely N-dealkylation sites (N-methyl/N-ethyl adjacent to an activating group) is 1. The molecule has 0 amide bonds. The minimum absolute atomic E-state index is 0.0709. The van der Waals surface area contributed by atoms with Crippen LogP contribution in [0.5, 0.6) is 5.75 Å². The molecule has 0 bridgehead atoms. The number of benzene rings is 1. The summed E-state index contributed by atoms with van der Waals surface area (Å²) < 4.78 is 6.30. The van der Waals surface area contributed by atoms with E-state index in [1.54, 1.807) is 7.11 Å². The van der Waals surface area contributed by atoms with E-state index in [1.165, 1.54) is 0 Å². The lowest BCUT2D eigenvalue weighted by Gasteiger charge is -2.30. The first-order chi connectivity index (χ1) is 8.01. The Labute approximate surface area is 110 Å². The highest BCUT2D eigenvalue weighted by molar-refractivity contribution is 9.10. The molecular weight excluding hydrogens is 284 g/mol. The van der Waals surface area contributed by atoms with Gasteiger partial charge in [-0.3, -0.25) is 0 Å². The summed E-state index contributed by atoms with van der Waals surface area (Å²) >= 11 is 3.44. The number of nitrogens with two attached hydrogens (primary N) is 1. The monoisotopic (exact) mass is 302 g/mol. The van der Waals surface area contributed by atoms with Gasteiger partial charge in [-0.15, -0.1) is 0 Å². The van der Waals surface area contributed by atoms with Crippen LogP contribution in [0.2, 0.25) is 0 Å². The Morgan fingerprint density at radius 1 is 1.47 bits per heavy atom. The molecule has 2 unspecified atom stereocenters. The summed E-state index contributed by atoms with van der Waals surface area (Å²) in [5.74, 6) is 0.774. The van der Waals surface area contributed by atoms with E-state index in [2.05, 4.69) is 15.9 Å². The van der Waals surface area contributed by atoms with Crippen molar-refractivity contribution >= 4 is 15.9 Å². The van der Waals surface area contributed by atoms with Crippen LogP contribution in [0.15, 0.2) is 22.7 Å². The van der Waals surface area contributed by atoms with E-state index in [1.807, 2.05) is 37.2 Å². The lowest BCUT2D eigenvalue weighted by molar-refractivity contribution is 0.178. The molecule has 0 heterocycles. The van der Waals surface area contributed by atoms with E-state index in [-0.39, 0.29) is 18.7 Å². The van der Waals surface area contributed by atoms with Crippen molar-refractivity contribution in [3.8, 4) is 5.75 Å². The third kappa shape index (κ3) is 3.42. The van der Waals surface area contributed by atoms with Crippen molar-refractivity contribution in [3.63, 3.8) is 0 Å². The van der Waals surface area contributed by atoms with Gasteiger partial charge in [0.15, 0.2) is 0 Å². The molecule has 5 heteroatoms. The van der Waals surface area contributed by atoms with Gasteiger partial charge in [-0.1, -0.05) is 15.9 Å². The number of nitrogens with zero attached hydrogens (tertiary/aromatic N) is 1. The molecule has 0 fully saturated rings. The molecular formula is C12H19BrN2O2. The highest BCUT2D eigenvalue weighted by Gasteiger charge is 2.24. The zero-order chi connectivity index (χ0) is 13.0. The zero-order valence-electron chi connectivity index (χ0n) is 10.4. The molecule has 0 spiro atoms. The maximum atomic E-state index is 9.24. The van der Waals surface area contributed by atoms with Crippen molar-refractivity contribution in [2.24, 2.45) is 5.73 Å². The zero-order valence-corrected chi connectivity index (χ0v) is 11.9. The second kappa shape index (κ2) is 6.35. The minimum Gasteiger partial charge on any atom is -0.496 e. The molecule has 3 N–H and O–H groups in total. The number of hydrogen-bond acceptors (Lipinski definition) is 4. The lowest BCUT2D eigenvalue weighted by Crippen LogP contribution is -2.40. The van der Waals surface area contributed by atoms with Crippen LogP contribution in [0.3, 0.4) is 0 Å². The predicted octanol–water partition coefficient (Wildman–Crippen LogP) is 1.38. The molecule has 1 rings (SSSR count). The van der Waals surface area contributed by atoms with Crippen LogP contribution in [0.25, 0.3) is 0 Å². The topological polar surface area (TPSA) is 58.7 Å². The average Bonchev–Trinajstić information content (AvgIpc) is 2.29. The van der Waals surface area contributed by atoms with Crippen molar-refractivity contribution in [1.82, 2.24) is 4.90 Å². The molecule has 2 atom stereocenters. The summed E-state index contributed by atoms with van der Waals surface area (Å²) in [6.45, 7) is -0.0709. The number of aliphatic hydroxyl groups is 1. The van der Waals surface area contributed by atoms with Gasteiger partial charge < -0.3 is 20.5 Å². The number of rotatable bonds is 5. The van der Waals surface area contributed by atoms with Crippen molar-refractivity contribution < 1.29 is 9.84 Å². The van der Waals surface area contributed by atoms with E-state index >= 15 is 0 Å². The molecule has 0 saturated carbocycles. The van der Waals surface area contributed by atoms with Crippen molar-refractivity contribution in [2.45, 2.75) is 12.1 Å². The molecule has 4 nitrogen and oxygen atoms in total. The summed E-state index contributed by atoms with van der Waals surface area (Å²) in [6.07, 6.45) is 0. The van der Waals surface area contributed by atoms with Crippen molar-refractivity contribution in [2.75, 3.05) is 27.8 Å². The minimum atomic E-state index is -0.354. The molecule has 0 aromatic heterocycles. The number of hydrogen-bond donors (Lipinski definition) is 2.